The molecule has 1 heterocycles. The highest BCUT2D eigenvalue weighted by atomic mass is 35.5. The van der Waals surface area contributed by atoms with Crippen molar-refractivity contribution in [2.75, 3.05) is 0 Å². The van der Waals surface area contributed by atoms with Gasteiger partial charge in [0, 0.05) is 5.02 Å². The molecule has 1 aromatic carbocycles. The molecule has 0 aliphatic carbocycles. The molecule has 0 spiro atoms. The summed E-state index contributed by atoms with van der Waals surface area (Å²) in [5, 5.41) is 13.2. The SMILES string of the molecule is O=C(O)Cc1ncn(-c2ccc(Cl)cc2)n1. The quantitative estimate of drug-likeness (QED) is 0.880. The molecule has 82 valence electrons. The number of rotatable bonds is 3. The van der Waals surface area contributed by atoms with Crippen molar-refractivity contribution < 1.29 is 9.90 Å². The van der Waals surface area contributed by atoms with Gasteiger partial charge in [0.05, 0.1) is 5.69 Å². The van der Waals surface area contributed by atoms with E-state index in [0.717, 1.165) is 5.69 Å². The molecule has 2 aromatic rings. The molecule has 1 aromatic heterocycles. The van der Waals surface area contributed by atoms with Crippen molar-refractivity contribution in [3.05, 3.63) is 41.4 Å². The second-order valence-corrected chi connectivity index (χ2v) is 3.59. The summed E-state index contributed by atoms with van der Waals surface area (Å²) < 4.78 is 1.51. The molecule has 0 radical (unpaired) electrons. The van der Waals surface area contributed by atoms with Gasteiger partial charge in [-0.1, -0.05) is 11.6 Å². The summed E-state index contributed by atoms with van der Waals surface area (Å²) in [6.07, 6.45) is 1.29. The standard InChI is InChI=1S/C10H8ClN3O2/c11-7-1-3-8(4-2-7)14-6-12-9(13-14)5-10(15)16/h1-4,6H,5H2,(H,15,16). The minimum atomic E-state index is -0.950. The van der Waals surface area contributed by atoms with Gasteiger partial charge in [-0.3, -0.25) is 4.79 Å². The summed E-state index contributed by atoms with van der Waals surface area (Å²) >= 11 is 5.75. The van der Waals surface area contributed by atoms with E-state index in [2.05, 4.69) is 10.1 Å². The van der Waals surface area contributed by atoms with Gasteiger partial charge >= 0.3 is 5.97 Å². The lowest BCUT2D eigenvalue weighted by atomic mass is 10.3. The Morgan fingerprint density at radius 2 is 2.06 bits per heavy atom. The Labute approximate surface area is 96.3 Å². The highest BCUT2D eigenvalue weighted by molar-refractivity contribution is 6.30. The maximum Gasteiger partial charge on any atom is 0.311 e. The van der Waals surface area contributed by atoms with Gasteiger partial charge in [0.25, 0.3) is 0 Å². The summed E-state index contributed by atoms with van der Waals surface area (Å²) in [6.45, 7) is 0. The van der Waals surface area contributed by atoms with E-state index in [1.165, 1.54) is 11.0 Å². The maximum atomic E-state index is 10.5. The predicted molar refractivity (Wildman–Crippen MR) is 57.7 cm³/mol. The third-order valence-electron chi connectivity index (χ3n) is 1.94. The van der Waals surface area contributed by atoms with Crippen LogP contribution < -0.4 is 0 Å². The van der Waals surface area contributed by atoms with Crippen molar-refractivity contribution in [2.45, 2.75) is 6.42 Å². The highest BCUT2D eigenvalue weighted by Crippen LogP contribution is 2.12. The predicted octanol–water partition coefficient (Wildman–Crippen LogP) is 1.55. The van der Waals surface area contributed by atoms with E-state index in [1.54, 1.807) is 24.3 Å². The van der Waals surface area contributed by atoms with Crippen LogP contribution in [0.3, 0.4) is 0 Å². The Balaban J connectivity index is 2.24. The maximum absolute atomic E-state index is 10.5. The molecule has 2 rings (SSSR count). The number of hydrogen-bond acceptors (Lipinski definition) is 3. The van der Waals surface area contributed by atoms with E-state index in [1.807, 2.05) is 0 Å². The van der Waals surface area contributed by atoms with E-state index in [-0.39, 0.29) is 12.2 Å². The molecule has 5 nitrogen and oxygen atoms in total. The first-order valence-electron chi connectivity index (χ1n) is 4.53. The summed E-state index contributed by atoms with van der Waals surface area (Å²) in [5.74, 6) is -0.670. The zero-order valence-corrected chi connectivity index (χ0v) is 8.92. The average molecular weight is 238 g/mol. The summed E-state index contributed by atoms with van der Waals surface area (Å²) in [7, 11) is 0. The topological polar surface area (TPSA) is 68.0 Å². The van der Waals surface area contributed by atoms with Crippen molar-refractivity contribution in [2.24, 2.45) is 0 Å². The summed E-state index contributed by atoms with van der Waals surface area (Å²) in [6, 6.07) is 7.02. The smallest absolute Gasteiger partial charge is 0.311 e. The third kappa shape index (κ3) is 2.38. The number of nitrogens with zero attached hydrogens (tertiary/aromatic N) is 3. The fraction of sp³-hybridized carbons (Fsp3) is 0.100. The van der Waals surface area contributed by atoms with Gasteiger partial charge in [-0.15, -0.1) is 0 Å². The Morgan fingerprint density at radius 1 is 1.38 bits per heavy atom. The first kappa shape index (κ1) is 10.6. The fourth-order valence-electron chi connectivity index (χ4n) is 1.23. The molecule has 0 atom stereocenters. The molecular weight excluding hydrogens is 230 g/mol. The van der Waals surface area contributed by atoms with Gasteiger partial charge in [-0.2, -0.15) is 5.10 Å². The van der Waals surface area contributed by atoms with Gasteiger partial charge in [0.15, 0.2) is 5.82 Å². The van der Waals surface area contributed by atoms with Crippen molar-refractivity contribution in [3.63, 3.8) is 0 Å². The Kier molecular flexibility index (Phi) is 2.87. The molecule has 0 unspecified atom stereocenters. The van der Waals surface area contributed by atoms with Crippen LogP contribution in [-0.4, -0.2) is 25.8 Å². The van der Waals surface area contributed by atoms with Crippen LogP contribution in [0.2, 0.25) is 5.02 Å². The Morgan fingerprint density at radius 3 is 2.69 bits per heavy atom. The summed E-state index contributed by atoms with van der Waals surface area (Å²) in [5.41, 5.74) is 0.786. The first-order valence-corrected chi connectivity index (χ1v) is 4.91. The van der Waals surface area contributed by atoms with Crippen molar-refractivity contribution >= 4 is 17.6 Å². The van der Waals surface area contributed by atoms with Crippen molar-refractivity contribution in [1.82, 2.24) is 14.8 Å². The molecule has 0 aliphatic rings. The molecule has 6 heteroatoms. The van der Waals surface area contributed by atoms with E-state index >= 15 is 0 Å². The van der Waals surface area contributed by atoms with E-state index in [9.17, 15) is 4.79 Å². The third-order valence-corrected chi connectivity index (χ3v) is 2.19. The fourth-order valence-corrected chi connectivity index (χ4v) is 1.36. The lowest BCUT2D eigenvalue weighted by Crippen LogP contribution is -2.03. The molecular formula is C10H8ClN3O2. The minimum Gasteiger partial charge on any atom is -0.481 e. The number of aliphatic carboxylic acids is 1. The molecule has 0 aliphatic heterocycles. The zero-order valence-electron chi connectivity index (χ0n) is 8.17. The van der Waals surface area contributed by atoms with Crippen molar-refractivity contribution in [1.29, 1.82) is 0 Å². The van der Waals surface area contributed by atoms with E-state index < -0.39 is 5.97 Å². The minimum absolute atomic E-state index is 0.180. The number of carbonyl (C=O) groups is 1. The van der Waals surface area contributed by atoms with E-state index in [4.69, 9.17) is 16.7 Å². The zero-order chi connectivity index (χ0) is 11.5. The van der Waals surface area contributed by atoms with Crippen LogP contribution in [0.4, 0.5) is 0 Å². The molecule has 0 saturated heterocycles. The van der Waals surface area contributed by atoms with Crippen LogP contribution in [-0.2, 0) is 11.2 Å². The van der Waals surface area contributed by atoms with Gasteiger partial charge in [0.2, 0.25) is 0 Å². The number of halogens is 1. The van der Waals surface area contributed by atoms with Gasteiger partial charge in [-0.25, -0.2) is 9.67 Å². The number of aromatic nitrogens is 3. The molecule has 0 amide bonds. The lowest BCUT2D eigenvalue weighted by molar-refractivity contribution is -0.136. The number of carboxylic acids is 1. The second kappa shape index (κ2) is 4.32. The second-order valence-electron chi connectivity index (χ2n) is 3.15. The highest BCUT2D eigenvalue weighted by Gasteiger charge is 2.06. The van der Waals surface area contributed by atoms with Gasteiger partial charge in [-0.05, 0) is 24.3 Å². The molecule has 1 N–H and O–H groups in total. The van der Waals surface area contributed by atoms with Gasteiger partial charge in [0.1, 0.15) is 12.7 Å². The number of hydrogen-bond donors (Lipinski definition) is 1. The number of benzene rings is 1. The van der Waals surface area contributed by atoms with Gasteiger partial charge < -0.3 is 5.11 Å². The van der Waals surface area contributed by atoms with E-state index in [0.29, 0.717) is 5.02 Å². The normalized spacial score (nSPS) is 10.3. The largest absolute Gasteiger partial charge is 0.481 e. The monoisotopic (exact) mass is 237 g/mol. The molecule has 0 bridgehead atoms. The van der Waals surface area contributed by atoms with Crippen molar-refractivity contribution in [3.8, 4) is 5.69 Å². The van der Waals surface area contributed by atoms with Crippen LogP contribution >= 0.6 is 11.6 Å². The molecule has 0 saturated carbocycles. The Bertz CT molecular complexity index is 507. The van der Waals surface area contributed by atoms with Crippen LogP contribution in [0.25, 0.3) is 5.69 Å². The van der Waals surface area contributed by atoms with Crippen LogP contribution in [0.5, 0.6) is 0 Å². The molecule has 0 fully saturated rings. The van der Waals surface area contributed by atoms with Crippen LogP contribution in [0, 0.1) is 0 Å². The number of carboxylic acid groups (broad SMARTS) is 1. The van der Waals surface area contributed by atoms with Crippen LogP contribution in [0.15, 0.2) is 30.6 Å². The first-order chi connectivity index (χ1) is 7.65. The summed E-state index contributed by atoms with van der Waals surface area (Å²) in [4.78, 5) is 14.3. The lowest BCUT2D eigenvalue weighted by Gasteiger charge is -1.99. The Hall–Kier alpha value is -1.88. The van der Waals surface area contributed by atoms with Crippen LogP contribution in [0.1, 0.15) is 5.82 Å². The molecule has 16 heavy (non-hydrogen) atoms. The average Bonchev–Trinajstić information content (AvgIpc) is 2.66.